The predicted molar refractivity (Wildman–Crippen MR) is 108 cm³/mol. The molecule has 1 saturated heterocycles. The van der Waals surface area contributed by atoms with Crippen LogP contribution in [-0.4, -0.2) is 35.5 Å². The van der Waals surface area contributed by atoms with E-state index in [9.17, 15) is 9.59 Å². The molecular formula is C20H19NO3S2. The van der Waals surface area contributed by atoms with Crippen molar-refractivity contribution < 1.29 is 14.3 Å². The van der Waals surface area contributed by atoms with Gasteiger partial charge in [-0.05, 0) is 66.4 Å². The number of thioether (sulfide) groups is 2. The predicted octanol–water partition coefficient (Wildman–Crippen LogP) is 4.83. The van der Waals surface area contributed by atoms with Crippen LogP contribution in [0.5, 0.6) is 5.75 Å². The Labute approximate surface area is 161 Å². The summed E-state index contributed by atoms with van der Waals surface area (Å²) in [5, 5.41) is -0.255. The smallest absolute Gasteiger partial charge is 0.293 e. The molecule has 4 nitrogen and oxygen atoms in total. The van der Waals surface area contributed by atoms with Gasteiger partial charge in [-0.15, -0.1) is 11.8 Å². The summed E-state index contributed by atoms with van der Waals surface area (Å²) in [4.78, 5) is 27.5. The Kier molecular flexibility index (Phi) is 6.06. The highest BCUT2D eigenvalue weighted by molar-refractivity contribution is 8.18. The van der Waals surface area contributed by atoms with Crippen LogP contribution in [0, 0.1) is 6.92 Å². The van der Waals surface area contributed by atoms with E-state index in [4.69, 9.17) is 4.74 Å². The number of nitrogens with zero attached hydrogens (tertiary/aromatic N) is 1. The van der Waals surface area contributed by atoms with Crippen molar-refractivity contribution in [1.82, 2.24) is 4.90 Å². The molecule has 134 valence electrons. The lowest BCUT2D eigenvalue weighted by atomic mass is 10.2. The molecular weight excluding hydrogens is 366 g/mol. The molecule has 0 atom stereocenters. The Morgan fingerprint density at radius 1 is 1.15 bits per heavy atom. The number of carbonyl (C=O) groups excluding carboxylic acids is 2. The summed E-state index contributed by atoms with van der Waals surface area (Å²) >= 11 is 2.63. The molecule has 3 rings (SSSR count). The van der Waals surface area contributed by atoms with Crippen molar-refractivity contribution in [2.24, 2.45) is 0 Å². The number of imide groups is 1. The molecule has 0 radical (unpaired) electrons. The van der Waals surface area contributed by atoms with E-state index < -0.39 is 0 Å². The average molecular weight is 386 g/mol. The normalized spacial score (nSPS) is 15.8. The third-order valence-electron chi connectivity index (χ3n) is 3.86. The van der Waals surface area contributed by atoms with Gasteiger partial charge in [-0.25, -0.2) is 0 Å². The summed E-state index contributed by atoms with van der Waals surface area (Å²) in [5.41, 5.74) is 2.01. The van der Waals surface area contributed by atoms with Gasteiger partial charge in [-0.2, -0.15) is 0 Å². The van der Waals surface area contributed by atoms with Crippen LogP contribution in [0.1, 0.15) is 11.1 Å². The second kappa shape index (κ2) is 8.47. The van der Waals surface area contributed by atoms with Crippen LogP contribution < -0.4 is 4.74 Å². The Morgan fingerprint density at radius 3 is 2.62 bits per heavy atom. The molecule has 2 amide bonds. The summed E-state index contributed by atoms with van der Waals surface area (Å²) in [6, 6.07) is 15.6. The highest BCUT2D eigenvalue weighted by atomic mass is 32.2. The van der Waals surface area contributed by atoms with Gasteiger partial charge < -0.3 is 4.74 Å². The molecule has 2 aromatic carbocycles. The lowest BCUT2D eigenvalue weighted by Crippen LogP contribution is -2.32. The largest absolute Gasteiger partial charge is 0.492 e. The van der Waals surface area contributed by atoms with Crippen LogP contribution in [0.3, 0.4) is 0 Å². The van der Waals surface area contributed by atoms with Crippen molar-refractivity contribution >= 4 is 40.7 Å². The quantitative estimate of drug-likeness (QED) is 0.526. The molecule has 1 fully saturated rings. The van der Waals surface area contributed by atoms with E-state index in [2.05, 4.69) is 0 Å². The lowest BCUT2D eigenvalue weighted by molar-refractivity contribution is -0.123. The molecule has 26 heavy (non-hydrogen) atoms. The molecule has 0 unspecified atom stereocenters. The van der Waals surface area contributed by atoms with Crippen LogP contribution in [0.25, 0.3) is 6.08 Å². The van der Waals surface area contributed by atoms with E-state index in [1.807, 2.05) is 61.7 Å². The van der Waals surface area contributed by atoms with E-state index >= 15 is 0 Å². The highest BCUT2D eigenvalue weighted by Crippen LogP contribution is 2.32. The lowest BCUT2D eigenvalue weighted by Gasteiger charge is -2.13. The number of rotatable bonds is 6. The highest BCUT2D eigenvalue weighted by Gasteiger charge is 2.34. The van der Waals surface area contributed by atoms with Crippen LogP contribution in [-0.2, 0) is 4.79 Å². The number of hydrogen-bond acceptors (Lipinski definition) is 5. The summed E-state index contributed by atoms with van der Waals surface area (Å²) in [5.74, 6) is 0.475. The minimum atomic E-state index is -0.262. The van der Waals surface area contributed by atoms with Crippen LogP contribution in [0.4, 0.5) is 4.79 Å². The third-order valence-corrected chi connectivity index (χ3v) is 5.51. The van der Waals surface area contributed by atoms with Gasteiger partial charge in [0.2, 0.25) is 0 Å². The number of hydrogen-bond donors (Lipinski definition) is 0. The van der Waals surface area contributed by atoms with Gasteiger partial charge in [0.25, 0.3) is 11.1 Å². The summed E-state index contributed by atoms with van der Waals surface area (Å²) in [7, 11) is 0. The van der Waals surface area contributed by atoms with Crippen LogP contribution >= 0.6 is 23.5 Å². The molecule has 1 aliphatic rings. The van der Waals surface area contributed by atoms with Crippen LogP contribution in [0.2, 0.25) is 0 Å². The molecule has 6 heteroatoms. The van der Waals surface area contributed by atoms with E-state index in [-0.39, 0.29) is 24.3 Å². The zero-order valence-electron chi connectivity index (χ0n) is 14.6. The Bertz CT molecular complexity index is 846. The van der Waals surface area contributed by atoms with Gasteiger partial charge in [0, 0.05) is 4.90 Å². The molecule has 0 aliphatic carbocycles. The van der Waals surface area contributed by atoms with Gasteiger partial charge in [0.05, 0.1) is 11.4 Å². The molecule has 0 saturated carbocycles. The first-order valence-electron chi connectivity index (χ1n) is 8.16. The molecule has 1 heterocycles. The second-order valence-electron chi connectivity index (χ2n) is 5.77. The first kappa shape index (κ1) is 18.6. The van der Waals surface area contributed by atoms with Gasteiger partial charge in [-0.1, -0.05) is 24.3 Å². The SMILES string of the molecule is CSc1ccc(/C=C2\SC(=O)N(CCOc3cccc(C)c3)C2=O)cc1. The third kappa shape index (κ3) is 4.51. The van der Waals surface area contributed by atoms with E-state index in [0.29, 0.717) is 4.91 Å². The Morgan fingerprint density at radius 2 is 1.92 bits per heavy atom. The fourth-order valence-electron chi connectivity index (χ4n) is 2.50. The van der Waals surface area contributed by atoms with Gasteiger partial charge in [0.1, 0.15) is 12.4 Å². The monoisotopic (exact) mass is 385 g/mol. The number of amides is 2. The first-order valence-corrected chi connectivity index (χ1v) is 10.2. The van der Waals surface area contributed by atoms with Crippen LogP contribution in [0.15, 0.2) is 58.3 Å². The molecule has 0 spiro atoms. The number of aryl methyl sites for hydroxylation is 1. The van der Waals surface area contributed by atoms with Crippen molar-refractivity contribution in [1.29, 1.82) is 0 Å². The minimum absolute atomic E-state index is 0.237. The molecule has 1 aliphatic heterocycles. The minimum Gasteiger partial charge on any atom is -0.492 e. The average Bonchev–Trinajstić information content (AvgIpc) is 2.90. The number of carbonyl (C=O) groups is 2. The topological polar surface area (TPSA) is 46.6 Å². The van der Waals surface area contributed by atoms with Crippen molar-refractivity contribution in [3.8, 4) is 5.75 Å². The van der Waals surface area contributed by atoms with Crippen molar-refractivity contribution in [3.63, 3.8) is 0 Å². The second-order valence-corrected chi connectivity index (χ2v) is 7.64. The summed E-state index contributed by atoms with van der Waals surface area (Å²) in [6.07, 6.45) is 3.77. The molecule has 0 N–H and O–H groups in total. The van der Waals surface area contributed by atoms with Gasteiger partial charge >= 0.3 is 0 Å². The zero-order chi connectivity index (χ0) is 18.5. The molecule has 2 aromatic rings. The fourth-order valence-corrected chi connectivity index (χ4v) is 3.78. The first-order chi connectivity index (χ1) is 12.6. The zero-order valence-corrected chi connectivity index (χ0v) is 16.2. The van der Waals surface area contributed by atoms with E-state index in [1.165, 1.54) is 4.90 Å². The fraction of sp³-hybridized carbons (Fsp3) is 0.200. The maximum Gasteiger partial charge on any atom is 0.293 e. The maximum absolute atomic E-state index is 12.5. The number of benzene rings is 2. The van der Waals surface area contributed by atoms with Crippen molar-refractivity contribution in [2.45, 2.75) is 11.8 Å². The summed E-state index contributed by atoms with van der Waals surface area (Å²) < 4.78 is 5.65. The number of ether oxygens (including phenoxy) is 1. The van der Waals surface area contributed by atoms with E-state index in [1.54, 1.807) is 17.8 Å². The van der Waals surface area contributed by atoms with Crippen molar-refractivity contribution in [3.05, 3.63) is 64.6 Å². The van der Waals surface area contributed by atoms with E-state index in [0.717, 1.165) is 33.5 Å². The Balaban J connectivity index is 1.61. The van der Waals surface area contributed by atoms with Crippen molar-refractivity contribution in [2.75, 3.05) is 19.4 Å². The molecule has 0 aromatic heterocycles. The van der Waals surface area contributed by atoms with Gasteiger partial charge in [-0.3, -0.25) is 14.5 Å². The maximum atomic E-state index is 12.5. The standard InChI is InChI=1S/C20H19NO3S2/c1-14-4-3-5-16(12-14)24-11-10-21-19(22)18(26-20(21)23)13-15-6-8-17(25-2)9-7-15/h3-9,12-13H,10-11H2,1-2H3/b18-13-. The van der Waals surface area contributed by atoms with Gasteiger partial charge in [0.15, 0.2) is 0 Å². The Hall–Kier alpha value is -2.18. The molecule has 0 bridgehead atoms. The summed E-state index contributed by atoms with van der Waals surface area (Å²) in [6.45, 7) is 2.50.